The Morgan fingerprint density at radius 2 is 1.90 bits per heavy atom. The van der Waals surface area contributed by atoms with Gasteiger partial charge in [-0.1, -0.05) is 0 Å². The number of carbonyl (C=O) groups is 1. The third-order valence-corrected chi connectivity index (χ3v) is 3.60. The zero-order valence-electron chi connectivity index (χ0n) is 11.0. The molecule has 0 fully saturated rings. The summed E-state index contributed by atoms with van der Waals surface area (Å²) in [7, 11) is 0. The molecule has 7 heteroatoms. The Morgan fingerprint density at radius 1 is 1.24 bits per heavy atom. The topological polar surface area (TPSA) is 38.3 Å². The zero-order chi connectivity index (χ0) is 15.5. The average molecular weight is 315 g/mol. The molecule has 0 radical (unpaired) electrons. The molecule has 1 heterocycles. The van der Waals surface area contributed by atoms with Gasteiger partial charge in [-0.15, -0.1) is 11.3 Å². The first-order valence-electron chi connectivity index (χ1n) is 6.00. The number of aryl methyl sites for hydroxylation is 1. The van der Waals surface area contributed by atoms with Crippen molar-refractivity contribution in [1.29, 1.82) is 0 Å². The second-order valence-electron chi connectivity index (χ2n) is 4.32. The highest BCUT2D eigenvalue weighted by atomic mass is 32.1. The second-order valence-corrected chi connectivity index (χ2v) is 5.23. The lowest BCUT2D eigenvalue weighted by atomic mass is 10.2. The highest BCUT2D eigenvalue weighted by molar-refractivity contribution is 7.12. The van der Waals surface area contributed by atoms with Gasteiger partial charge in [-0.25, -0.2) is 0 Å². The molecule has 0 atom stereocenters. The van der Waals surface area contributed by atoms with Crippen molar-refractivity contribution in [3.8, 4) is 5.75 Å². The number of amides is 1. The number of halogens is 3. The van der Waals surface area contributed by atoms with Crippen molar-refractivity contribution < 1.29 is 22.7 Å². The Hall–Kier alpha value is -2.02. The van der Waals surface area contributed by atoms with E-state index in [0.717, 1.165) is 5.56 Å². The van der Waals surface area contributed by atoms with E-state index in [1.54, 1.807) is 0 Å². The quantitative estimate of drug-likeness (QED) is 0.916. The minimum absolute atomic E-state index is 0.0950. The first kappa shape index (κ1) is 15.4. The minimum Gasteiger partial charge on any atom is -0.484 e. The van der Waals surface area contributed by atoms with Crippen LogP contribution in [0.2, 0.25) is 0 Å². The van der Waals surface area contributed by atoms with Gasteiger partial charge in [-0.05, 0) is 48.2 Å². The molecule has 0 bridgehead atoms. The Morgan fingerprint density at radius 3 is 2.43 bits per heavy atom. The molecule has 1 aromatic heterocycles. The number of thiophene rings is 1. The molecule has 0 aliphatic rings. The van der Waals surface area contributed by atoms with Crippen LogP contribution in [-0.2, 0) is 0 Å². The van der Waals surface area contributed by atoms with Gasteiger partial charge in [0.1, 0.15) is 5.75 Å². The molecule has 0 saturated heterocycles. The molecule has 1 amide bonds. The van der Waals surface area contributed by atoms with E-state index in [4.69, 9.17) is 0 Å². The zero-order valence-corrected chi connectivity index (χ0v) is 11.8. The van der Waals surface area contributed by atoms with Gasteiger partial charge in [0, 0.05) is 5.69 Å². The van der Waals surface area contributed by atoms with Crippen molar-refractivity contribution in [1.82, 2.24) is 0 Å². The van der Waals surface area contributed by atoms with Crippen LogP contribution < -0.4 is 10.1 Å². The molecule has 0 unspecified atom stereocenters. The highest BCUT2D eigenvalue weighted by Crippen LogP contribution is 2.22. The van der Waals surface area contributed by atoms with E-state index in [1.165, 1.54) is 35.6 Å². The molecule has 3 nitrogen and oxygen atoms in total. The summed E-state index contributed by atoms with van der Waals surface area (Å²) in [5.74, 6) is -0.149. The lowest BCUT2D eigenvalue weighted by Gasteiger charge is -2.10. The smallest absolute Gasteiger partial charge is 0.422 e. The van der Waals surface area contributed by atoms with Crippen LogP contribution in [0.25, 0.3) is 0 Å². The molecule has 1 aromatic carbocycles. The fraction of sp³-hybridized carbons (Fsp3) is 0.214. The molecule has 0 aliphatic carbocycles. The van der Waals surface area contributed by atoms with E-state index in [-0.39, 0.29) is 11.7 Å². The molecular formula is C14H12F3NO2S. The number of ether oxygens (including phenoxy) is 1. The lowest BCUT2D eigenvalue weighted by Crippen LogP contribution is -2.19. The lowest BCUT2D eigenvalue weighted by molar-refractivity contribution is -0.153. The number of rotatable bonds is 4. The number of carbonyl (C=O) groups excluding carboxylic acids is 1. The van der Waals surface area contributed by atoms with Crippen LogP contribution in [0.3, 0.4) is 0 Å². The van der Waals surface area contributed by atoms with Crippen molar-refractivity contribution >= 4 is 22.9 Å². The van der Waals surface area contributed by atoms with Gasteiger partial charge in [0.15, 0.2) is 6.61 Å². The Balaban J connectivity index is 1.96. The van der Waals surface area contributed by atoms with E-state index in [1.807, 2.05) is 18.4 Å². The minimum atomic E-state index is -4.37. The molecule has 0 saturated carbocycles. The van der Waals surface area contributed by atoms with E-state index < -0.39 is 12.8 Å². The number of nitrogens with one attached hydrogen (secondary N) is 1. The Labute approximate surface area is 123 Å². The third-order valence-electron chi connectivity index (χ3n) is 2.58. The number of benzene rings is 1. The molecule has 1 N–H and O–H groups in total. The number of hydrogen-bond acceptors (Lipinski definition) is 3. The maximum Gasteiger partial charge on any atom is 0.422 e. The monoisotopic (exact) mass is 315 g/mol. The summed E-state index contributed by atoms with van der Waals surface area (Å²) in [5, 5.41) is 4.50. The van der Waals surface area contributed by atoms with Gasteiger partial charge in [0.05, 0.1) is 4.88 Å². The maximum absolute atomic E-state index is 12.0. The first-order chi connectivity index (χ1) is 9.85. The summed E-state index contributed by atoms with van der Waals surface area (Å²) in [5.41, 5.74) is 1.37. The fourth-order valence-electron chi connectivity index (χ4n) is 1.59. The van der Waals surface area contributed by atoms with Crippen LogP contribution in [0.15, 0.2) is 35.7 Å². The molecule has 2 aromatic rings. The Bertz CT molecular complexity index is 620. The van der Waals surface area contributed by atoms with Crippen molar-refractivity contribution in [3.05, 3.63) is 46.2 Å². The van der Waals surface area contributed by atoms with Gasteiger partial charge >= 0.3 is 6.18 Å². The third kappa shape index (κ3) is 4.49. The number of anilines is 1. The largest absolute Gasteiger partial charge is 0.484 e. The van der Waals surface area contributed by atoms with Crippen molar-refractivity contribution in [2.24, 2.45) is 0 Å². The predicted octanol–water partition coefficient (Wildman–Crippen LogP) is 4.25. The summed E-state index contributed by atoms with van der Waals surface area (Å²) < 4.78 is 40.6. The van der Waals surface area contributed by atoms with Gasteiger partial charge in [0.2, 0.25) is 0 Å². The van der Waals surface area contributed by atoms with Crippen LogP contribution in [0.4, 0.5) is 18.9 Å². The maximum atomic E-state index is 12.0. The van der Waals surface area contributed by atoms with Gasteiger partial charge in [-0.3, -0.25) is 4.79 Å². The van der Waals surface area contributed by atoms with Crippen molar-refractivity contribution in [2.45, 2.75) is 13.1 Å². The summed E-state index contributed by atoms with van der Waals surface area (Å²) in [6.45, 7) is 0.493. The first-order valence-corrected chi connectivity index (χ1v) is 6.88. The number of hydrogen-bond donors (Lipinski definition) is 1. The predicted molar refractivity (Wildman–Crippen MR) is 75.0 cm³/mol. The molecule has 112 valence electrons. The highest BCUT2D eigenvalue weighted by Gasteiger charge is 2.28. The van der Waals surface area contributed by atoms with E-state index in [0.29, 0.717) is 10.6 Å². The second kappa shape index (κ2) is 6.17. The van der Waals surface area contributed by atoms with Crippen LogP contribution in [0.1, 0.15) is 15.2 Å². The van der Waals surface area contributed by atoms with Crippen LogP contribution in [0.5, 0.6) is 5.75 Å². The molecule has 2 rings (SSSR count). The van der Waals surface area contributed by atoms with Crippen LogP contribution >= 0.6 is 11.3 Å². The molecule has 0 spiro atoms. The number of alkyl halides is 3. The molecule has 21 heavy (non-hydrogen) atoms. The standard InChI is InChI=1S/C14H12F3NO2S/c1-9-6-7-21-12(9)13(19)18-10-2-4-11(5-3-10)20-8-14(15,16)17/h2-7H,8H2,1H3,(H,18,19). The Kier molecular flexibility index (Phi) is 4.52. The summed E-state index contributed by atoms with van der Waals surface area (Å²) in [4.78, 5) is 12.6. The fourth-order valence-corrected chi connectivity index (χ4v) is 2.41. The van der Waals surface area contributed by atoms with Crippen LogP contribution in [-0.4, -0.2) is 18.7 Å². The molecular weight excluding hydrogens is 303 g/mol. The normalized spacial score (nSPS) is 11.2. The SMILES string of the molecule is Cc1ccsc1C(=O)Nc1ccc(OCC(F)(F)F)cc1. The summed E-state index contributed by atoms with van der Waals surface area (Å²) >= 11 is 1.33. The van der Waals surface area contributed by atoms with Gasteiger partial charge in [0.25, 0.3) is 5.91 Å². The average Bonchev–Trinajstić information content (AvgIpc) is 2.83. The summed E-state index contributed by atoms with van der Waals surface area (Å²) in [6, 6.07) is 7.58. The van der Waals surface area contributed by atoms with E-state index in [2.05, 4.69) is 10.1 Å². The van der Waals surface area contributed by atoms with Crippen LogP contribution in [0, 0.1) is 6.92 Å². The van der Waals surface area contributed by atoms with E-state index >= 15 is 0 Å². The van der Waals surface area contributed by atoms with Gasteiger partial charge < -0.3 is 10.1 Å². The molecule has 0 aliphatic heterocycles. The van der Waals surface area contributed by atoms with E-state index in [9.17, 15) is 18.0 Å². The van der Waals surface area contributed by atoms with Gasteiger partial charge in [-0.2, -0.15) is 13.2 Å². The summed E-state index contributed by atoms with van der Waals surface area (Å²) in [6.07, 6.45) is -4.37. The van der Waals surface area contributed by atoms with Crippen molar-refractivity contribution in [3.63, 3.8) is 0 Å². The van der Waals surface area contributed by atoms with Crippen molar-refractivity contribution in [2.75, 3.05) is 11.9 Å².